The first-order chi connectivity index (χ1) is 10.8. The number of nitrogens with zero attached hydrogens (tertiary/aromatic N) is 4. The number of fused-ring (bicyclic) bond motifs is 1. The zero-order chi connectivity index (χ0) is 16.8. The maximum absolute atomic E-state index is 14.0. The van der Waals surface area contributed by atoms with Crippen LogP contribution in [0.1, 0.15) is 26.3 Å². The predicted molar refractivity (Wildman–Crippen MR) is 85.9 cm³/mol. The van der Waals surface area contributed by atoms with E-state index in [1.165, 1.54) is 12.4 Å². The second kappa shape index (κ2) is 5.19. The fourth-order valence-corrected chi connectivity index (χ4v) is 2.28. The van der Waals surface area contributed by atoms with E-state index in [1.54, 1.807) is 16.8 Å². The molecule has 0 bridgehead atoms. The van der Waals surface area contributed by atoms with Gasteiger partial charge in [0, 0.05) is 0 Å². The van der Waals surface area contributed by atoms with E-state index < -0.39 is 5.82 Å². The largest absolute Gasteiger partial charge is 0.434 e. The van der Waals surface area contributed by atoms with Crippen molar-refractivity contribution in [2.75, 3.05) is 5.73 Å². The van der Waals surface area contributed by atoms with Gasteiger partial charge in [-0.3, -0.25) is 0 Å². The van der Waals surface area contributed by atoms with Crippen LogP contribution in [0, 0.1) is 12.7 Å². The molecule has 120 valence electrons. The van der Waals surface area contributed by atoms with Crippen LogP contribution in [0.4, 0.5) is 10.2 Å². The van der Waals surface area contributed by atoms with Gasteiger partial charge in [0.25, 0.3) is 5.88 Å². The number of rotatable bonds is 2. The Morgan fingerprint density at radius 2 is 1.96 bits per heavy atom. The summed E-state index contributed by atoms with van der Waals surface area (Å²) < 4.78 is 21.4. The first-order valence-electron chi connectivity index (χ1n) is 7.21. The minimum atomic E-state index is -0.468. The summed E-state index contributed by atoms with van der Waals surface area (Å²) in [6.45, 7) is 7.80. The van der Waals surface area contributed by atoms with Gasteiger partial charge in [0.15, 0.2) is 17.2 Å². The van der Waals surface area contributed by atoms with Crippen molar-refractivity contribution in [3.8, 4) is 11.6 Å². The van der Waals surface area contributed by atoms with Crippen molar-refractivity contribution in [3.63, 3.8) is 0 Å². The topological polar surface area (TPSA) is 78.8 Å². The van der Waals surface area contributed by atoms with Gasteiger partial charge in [0.1, 0.15) is 17.5 Å². The van der Waals surface area contributed by atoms with Crippen molar-refractivity contribution >= 4 is 16.9 Å². The summed E-state index contributed by atoms with van der Waals surface area (Å²) in [6.07, 6.45) is 1.37. The maximum Gasteiger partial charge on any atom is 0.251 e. The molecule has 2 N–H and O–H groups in total. The highest BCUT2D eigenvalue weighted by atomic mass is 19.1. The SMILES string of the molecule is Cc1ccc(F)c(Oc2nn(C(C)(C)C)c3ncnc(N)c23)c1. The van der Waals surface area contributed by atoms with Crippen molar-refractivity contribution in [3.05, 3.63) is 35.9 Å². The normalized spacial score (nSPS) is 11.9. The molecule has 0 amide bonds. The molecule has 7 heteroatoms. The van der Waals surface area contributed by atoms with Crippen LogP contribution in [0.5, 0.6) is 11.6 Å². The fraction of sp³-hybridized carbons (Fsp3) is 0.312. The number of nitrogens with two attached hydrogens (primary N) is 1. The van der Waals surface area contributed by atoms with Gasteiger partial charge in [-0.2, -0.15) is 0 Å². The van der Waals surface area contributed by atoms with E-state index in [1.807, 2.05) is 27.7 Å². The number of benzene rings is 1. The number of nitrogen functional groups attached to an aromatic ring is 1. The average Bonchev–Trinajstić information content (AvgIpc) is 2.83. The Bertz CT molecular complexity index is 882. The monoisotopic (exact) mass is 315 g/mol. The predicted octanol–water partition coefficient (Wildman–Crippen LogP) is 3.40. The van der Waals surface area contributed by atoms with Crippen LogP contribution in [-0.2, 0) is 5.54 Å². The van der Waals surface area contributed by atoms with Gasteiger partial charge in [0.2, 0.25) is 0 Å². The number of hydrogen-bond acceptors (Lipinski definition) is 5. The zero-order valence-corrected chi connectivity index (χ0v) is 13.5. The van der Waals surface area contributed by atoms with Gasteiger partial charge in [-0.25, -0.2) is 19.0 Å². The molecule has 0 spiro atoms. The lowest BCUT2D eigenvalue weighted by Crippen LogP contribution is -2.23. The summed E-state index contributed by atoms with van der Waals surface area (Å²) in [7, 11) is 0. The quantitative estimate of drug-likeness (QED) is 0.784. The summed E-state index contributed by atoms with van der Waals surface area (Å²) in [5.74, 6) is 0.0595. The van der Waals surface area contributed by atoms with Crippen LogP contribution in [0.25, 0.3) is 11.0 Å². The van der Waals surface area contributed by atoms with Crippen molar-refractivity contribution < 1.29 is 9.13 Å². The van der Waals surface area contributed by atoms with Crippen LogP contribution in [0.2, 0.25) is 0 Å². The number of aromatic nitrogens is 4. The molecule has 1 aromatic carbocycles. The number of anilines is 1. The summed E-state index contributed by atoms with van der Waals surface area (Å²) in [5, 5.41) is 4.91. The highest BCUT2D eigenvalue weighted by Crippen LogP contribution is 2.34. The lowest BCUT2D eigenvalue weighted by Gasteiger charge is -2.19. The fourth-order valence-electron chi connectivity index (χ4n) is 2.28. The number of ether oxygens (including phenoxy) is 1. The molecule has 0 atom stereocenters. The maximum atomic E-state index is 14.0. The smallest absolute Gasteiger partial charge is 0.251 e. The number of hydrogen-bond donors (Lipinski definition) is 1. The molecule has 0 aliphatic rings. The first kappa shape index (κ1) is 15.2. The molecular weight excluding hydrogens is 297 g/mol. The van der Waals surface area contributed by atoms with E-state index in [0.717, 1.165) is 5.56 Å². The lowest BCUT2D eigenvalue weighted by atomic mass is 10.1. The molecule has 3 rings (SSSR count). The molecular formula is C16H18FN5O. The summed E-state index contributed by atoms with van der Waals surface area (Å²) in [5.41, 5.74) is 7.04. The Kier molecular flexibility index (Phi) is 3.43. The molecule has 0 unspecified atom stereocenters. The molecule has 0 saturated carbocycles. The molecule has 23 heavy (non-hydrogen) atoms. The number of halogens is 1. The van der Waals surface area contributed by atoms with Crippen molar-refractivity contribution in [2.45, 2.75) is 33.2 Å². The molecule has 2 aromatic heterocycles. The molecule has 3 aromatic rings. The van der Waals surface area contributed by atoms with Gasteiger partial charge in [0.05, 0.1) is 5.54 Å². The van der Waals surface area contributed by atoms with E-state index in [4.69, 9.17) is 10.5 Å². The average molecular weight is 315 g/mol. The lowest BCUT2D eigenvalue weighted by molar-refractivity contribution is 0.345. The molecule has 0 radical (unpaired) electrons. The van der Waals surface area contributed by atoms with E-state index >= 15 is 0 Å². The van der Waals surface area contributed by atoms with Crippen LogP contribution in [0.15, 0.2) is 24.5 Å². The van der Waals surface area contributed by atoms with Gasteiger partial charge in [-0.15, -0.1) is 5.10 Å². The van der Waals surface area contributed by atoms with E-state index in [9.17, 15) is 4.39 Å². The van der Waals surface area contributed by atoms with Gasteiger partial charge in [-0.05, 0) is 45.4 Å². The van der Waals surface area contributed by atoms with E-state index in [0.29, 0.717) is 11.0 Å². The summed E-state index contributed by atoms with van der Waals surface area (Å²) >= 11 is 0. The molecule has 0 fully saturated rings. The van der Waals surface area contributed by atoms with Crippen LogP contribution < -0.4 is 10.5 Å². The van der Waals surface area contributed by atoms with Crippen molar-refractivity contribution in [2.24, 2.45) is 0 Å². The minimum absolute atomic E-state index is 0.0914. The Morgan fingerprint density at radius 1 is 1.22 bits per heavy atom. The van der Waals surface area contributed by atoms with Crippen molar-refractivity contribution in [1.82, 2.24) is 19.7 Å². The second-order valence-corrected chi connectivity index (χ2v) is 6.38. The van der Waals surface area contributed by atoms with E-state index in [-0.39, 0.29) is 23.0 Å². The minimum Gasteiger partial charge on any atom is -0.434 e. The van der Waals surface area contributed by atoms with Crippen LogP contribution in [-0.4, -0.2) is 19.7 Å². The third-order valence-electron chi connectivity index (χ3n) is 3.39. The van der Waals surface area contributed by atoms with Gasteiger partial charge < -0.3 is 10.5 Å². The molecule has 0 aliphatic carbocycles. The van der Waals surface area contributed by atoms with Gasteiger partial charge >= 0.3 is 0 Å². The third-order valence-corrected chi connectivity index (χ3v) is 3.39. The Morgan fingerprint density at radius 3 is 2.65 bits per heavy atom. The molecule has 0 saturated heterocycles. The third kappa shape index (κ3) is 2.69. The molecule has 6 nitrogen and oxygen atoms in total. The number of aryl methyl sites for hydroxylation is 1. The summed E-state index contributed by atoms with van der Waals surface area (Å²) in [4.78, 5) is 8.23. The highest BCUT2D eigenvalue weighted by molar-refractivity contribution is 5.91. The van der Waals surface area contributed by atoms with Crippen LogP contribution >= 0.6 is 0 Å². The standard InChI is InChI=1S/C16H18FN5O/c1-9-5-6-10(17)11(7-9)23-15-12-13(18)19-8-20-14(12)22(21-15)16(2,3)4/h5-8H,1-4H3,(H2,18,19,20). The van der Waals surface area contributed by atoms with Crippen molar-refractivity contribution in [1.29, 1.82) is 0 Å². The van der Waals surface area contributed by atoms with E-state index in [2.05, 4.69) is 15.1 Å². The second-order valence-electron chi connectivity index (χ2n) is 6.38. The summed E-state index contributed by atoms with van der Waals surface area (Å²) in [6, 6.07) is 4.64. The molecule has 0 aliphatic heterocycles. The zero-order valence-electron chi connectivity index (χ0n) is 13.5. The highest BCUT2D eigenvalue weighted by Gasteiger charge is 2.24. The van der Waals surface area contributed by atoms with Crippen LogP contribution in [0.3, 0.4) is 0 Å². The Labute approximate surface area is 133 Å². The Balaban J connectivity index is 2.20. The first-order valence-corrected chi connectivity index (χ1v) is 7.21. The Hall–Kier alpha value is -2.70. The molecule has 2 heterocycles. The van der Waals surface area contributed by atoms with Gasteiger partial charge in [-0.1, -0.05) is 6.07 Å².